The molecule has 1 amide bonds. The molecule has 1 aromatic heterocycles. The van der Waals surface area contributed by atoms with Gasteiger partial charge in [-0.05, 0) is 61.5 Å². The molecule has 0 atom stereocenters. The maximum Gasteiger partial charge on any atom is 0.254 e. The smallest absolute Gasteiger partial charge is 0.254 e. The highest BCUT2D eigenvalue weighted by atomic mass is 35.5. The fraction of sp³-hybridized carbons (Fsp3) is 0.240. The molecule has 0 saturated heterocycles. The molecule has 0 radical (unpaired) electrons. The number of rotatable bonds is 5. The topological polar surface area (TPSA) is 36.7 Å². The van der Waals surface area contributed by atoms with Crippen LogP contribution in [0.2, 0.25) is 5.02 Å². The Balaban J connectivity index is 1.43. The van der Waals surface area contributed by atoms with Crippen molar-refractivity contribution in [1.82, 2.24) is 9.80 Å². The molecule has 0 unspecified atom stereocenters. The van der Waals surface area contributed by atoms with Crippen molar-refractivity contribution in [2.45, 2.75) is 19.5 Å². The fourth-order valence-corrected chi connectivity index (χ4v) is 3.86. The molecule has 0 N–H and O–H groups in total. The van der Waals surface area contributed by atoms with Crippen LogP contribution in [0, 0.1) is 0 Å². The second kappa shape index (κ2) is 8.90. The van der Waals surface area contributed by atoms with Crippen LogP contribution in [0.5, 0.6) is 0 Å². The molecular weight excluding hydrogens is 396 g/mol. The van der Waals surface area contributed by atoms with Crippen LogP contribution >= 0.6 is 11.6 Å². The Morgan fingerprint density at radius 2 is 1.90 bits per heavy atom. The molecule has 1 aliphatic rings. The van der Waals surface area contributed by atoms with Gasteiger partial charge in [0.15, 0.2) is 0 Å². The Kier molecular flexibility index (Phi) is 6.07. The molecule has 3 aromatic rings. The van der Waals surface area contributed by atoms with Crippen molar-refractivity contribution in [2.24, 2.45) is 0 Å². The summed E-state index contributed by atoms with van der Waals surface area (Å²) in [5.41, 5.74) is 3.90. The van der Waals surface area contributed by atoms with Crippen molar-refractivity contribution in [3.63, 3.8) is 0 Å². The van der Waals surface area contributed by atoms with Gasteiger partial charge in [0.1, 0.15) is 11.5 Å². The third kappa shape index (κ3) is 4.66. The number of benzene rings is 2. The highest BCUT2D eigenvalue weighted by Gasteiger charge is 2.25. The van der Waals surface area contributed by atoms with Crippen LogP contribution in [0.15, 0.2) is 59.0 Å². The first kappa shape index (κ1) is 20.5. The van der Waals surface area contributed by atoms with Crippen LogP contribution in [0.1, 0.15) is 38.6 Å². The second-order valence-electron chi connectivity index (χ2n) is 7.85. The summed E-state index contributed by atoms with van der Waals surface area (Å²) >= 11 is 6.19. The number of hydrogen-bond donors (Lipinski definition) is 0. The Hall–Kier alpha value is -2.82. The average Bonchev–Trinajstić information content (AvgIpc) is 3.13. The van der Waals surface area contributed by atoms with Crippen LogP contribution < -0.4 is 0 Å². The van der Waals surface area contributed by atoms with E-state index in [9.17, 15) is 4.79 Å². The van der Waals surface area contributed by atoms with E-state index in [1.165, 1.54) is 5.56 Å². The normalized spacial score (nSPS) is 13.8. The lowest BCUT2D eigenvalue weighted by molar-refractivity contribution is 0.0718. The number of halogens is 1. The summed E-state index contributed by atoms with van der Waals surface area (Å²) in [6.07, 6.45) is 4.81. The minimum Gasteiger partial charge on any atom is -0.463 e. The first-order valence-electron chi connectivity index (χ1n) is 10.1. The second-order valence-corrected chi connectivity index (χ2v) is 8.26. The van der Waals surface area contributed by atoms with Gasteiger partial charge in [-0.3, -0.25) is 4.79 Å². The van der Waals surface area contributed by atoms with Crippen LogP contribution in [-0.4, -0.2) is 36.3 Å². The Bertz CT molecular complexity index is 1070. The van der Waals surface area contributed by atoms with Gasteiger partial charge in [0.05, 0.1) is 13.1 Å². The van der Waals surface area contributed by atoms with E-state index in [0.29, 0.717) is 18.7 Å². The van der Waals surface area contributed by atoms with Crippen molar-refractivity contribution < 1.29 is 9.21 Å². The van der Waals surface area contributed by atoms with Crippen LogP contribution in [0.3, 0.4) is 0 Å². The first-order valence-corrected chi connectivity index (χ1v) is 10.4. The van der Waals surface area contributed by atoms with Gasteiger partial charge < -0.3 is 14.2 Å². The third-order valence-electron chi connectivity index (χ3n) is 5.21. The van der Waals surface area contributed by atoms with E-state index in [1.54, 1.807) is 0 Å². The van der Waals surface area contributed by atoms with Crippen LogP contribution in [0.25, 0.3) is 12.2 Å². The molecule has 30 heavy (non-hydrogen) atoms. The number of amides is 1. The Morgan fingerprint density at radius 3 is 2.63 bits per heavy atom. The number of fused-ring (bicyclic) bond motifs is 1. The number of hydrogen-bond acceptors (Lipinski definition) is 3. The van der Waals surface area contributed by atoms with Gasteiger partial charge in [0.2, 0.25) is 0 Å². The summed E-state index contributed by atoms with van der Waals surface area (Å²) in [6.45, 7) is 2.00. The summed E-state index contributed by atoms with van der Waals surface area (Å²) in [5, 5.41) is 0.719. The van der Waals surface area contributed by atoms with E-state index in [4.69, 9.17) is 16.0 Å². The van der Waals surface area contributed by atoms with E-state index in [0.717, 1.165) is 40.6 Å². The molecule has 5 heteroatoms. The number of carbonyl (C=O) groups excluding carboxylic acids is 1. The molecule has 0 spiro atoms. The predicted octanol–water partition coefficient (Wildman–Crippen LogP) is 5.36. The van der Waals surface area contributed by atoms with Crippen molar-refractivity contribution >= 4 is 29.7 Å². The molecule has 2 aromatic carbocycles. The van der Waals surface area contributed by atoms with Gasteiger partial charge >= 0.3 is 0 Å². The van der Waals surface area contributed by atoms with E-state index in [1.807, 2.05) is 79.7 Å². The zero-order valence-corrected chi connectivity index (χ0v) is 18.0. The van der Waals surface area contributed by atoms with E-state index >= 15 is 0 Å². The monoisotopic (exact) mass is 420 g/mol. The maximum absolute atomic E-state index is 13.0. The van der Waals surface area contributed by atoms with Gasteiger partial charge in [-0.2, -0.15) is 0 Å². The minimum atomic E-state index is 0.0350. The maximum atomic E-state index is 13.0. The largest absolute Gasteiger partial charge is 0.463 e. The quantitative estimate of drug-likeness (QED) is 0.521. The van der Waals surface area contributed by atoms with Crippen LogP contribution in [0.4, 0.5) is 0 Å². The van der Waals surface area contributed by atoms with Crippen molar-refractivity contribution in [1.29, 1.82) is 0 Å². The average molecular weight is 421 g/mol. The molecule has 0 aliphatic carbocycles. The van der Waals surface area contributed by atoms with Crippen molar-refractivity contribution in [2.75, 3.05) is 20.6 Å². The Morgan fingerprint density at radius 1 is 1.13 bits per heavy atom. The molecule has 0 saturated carbocycles. The SMILES string of the molecule is CN(C)Cc1cc2c(o1)CN(C(=O)c1ccc(/C=C\c3ccccc3Cl)cc1)CC2. The zero-order chi connectivity index (χ0) is 21.1. The number of furan rings is 1. The van der Waals surface area contributed by atoms with E-state index in [2.05, 4.69) is 11.0 Å². The van der Waals surface area contributed by atoms with Crippen molar-refractivity contribution in [3.05, 3.63) is 93.4 Å². The number of carbonyl (C=O) groups is 1. The van der Waals surface area contributed by atoms with Gasteiger partial charge in [0.25, 0.3) is 5.91 Å². The molecule has 154 valence electrons. The highest BCUT2D eigenvalue weighted by molar-refractivity contribution is 6.32. The molecule has 1 aliphatic heterocycles. The number of nitrogens with zero attached hydrogens (tertiary/aromatic N) is 2. The lowest BCUT2D eigenvalue weighted by atomic mass is 10.1. The van der Waals surface area contributed by atoms with Gasteiger partial charge in [-0.15, -0.1) is 0 Å². The summed E-state index contributed by atoms with van der Waals surface area (Å²) < 4.78 is 5.98. The Labute approximate surface area is 182 Å². The summed E-state index contributed by atoms with van der Waals surface area (Å²) in [5.74, 6) is 1.90. The summed E-state index contributed by atoms with van der Waals surface area (Å²) in [4.78, 5) is 16.9. The van der Waals surface area contributed by atoms with E-state index in [-0.39, 0.29) is 5.91 Å². The molecule has 0 fully saturated rings. The van der Waals surface area contributed by atoms with Crippen molar-refractivity contribution in [3.8, 4) is 0 Å². The lowest BCUT2D eigenvalue weighted by Gasteiger charge is -2.26. The molecule has 0 bridgehead atoms. The summed E-state index contributed by atoms with van der Waals surface area (Å²) in [6, 6.07) is 17.5. The summed E-state index contributed by atoms with van der Waals surface area (Å²) in [7, 11) is 4.04. The predicted molar refractivity (Wildman–Crippen MR) is 121 cm³/mol. The fourth-order valence-electron chi connectivity index (χ4n) is 3.66. The molecule has 4 rings (SSSR count). The minimum absolute atomic E-state index is 0.0350. The first-order chi connectivity index (χ1) is 14.5. The van der Waals surface area contributed by atoms with Gasteiger partial charge in [-0.25, -0.2) is 0 Å². The van der Waals surface area contributed by atoms with Gasteiger partial charge in [-0.1, -0.05) is 54.1 Å². The standard InChI is InChI=1S/C25H25ClN2O2/c1-27(2)16-22-15-21-13-14-28(17-24(21)30-22)25(29)20-11-8-18(9-12-20)7-10-19-5-3-4-6-23(19)26/h3-12,15H,13-14,16-17H2,1-2H3/b10-7-. The zero-order valence-electron chi connectivity index (χ0n) is 17.3. The molecular formula is C25H25ClN2O2. The molecule has 4 nitrogen and oxygen atoms in total. The lowest BCUT2D eigenvalue weighted by Crippen LogP contribution is -2.35. The van der Waals surface area contributed by atoms with Crippen LogP contribution in [-0.2, 0) is 19.5 Å². The molecule has 2 heterocycles. The van der Waals surface area contributed by atoms with E-state index < -0.39 is 0 Å². The van der Waals surface area contributed by atoms with Gasteiger partial charge in [0, 0.05) is 17.1 Å². The highest BCUT2D eigenvalue weighted by Crippen LogP contribution is 2.25. The third-order valence-corrected chi connectivity index (χ3v) is 5.55.